The number of benzene rings is 2. The van der Waals surface area contributed by atoms with Gasteiger partial charge in [-0.2, -0.15) is 0 Å². The molecule has 0 aliphatic carbocycles. The summed E-state index contributed by atoms with van der Waals surface area (Å²) in [5.41, 5.74) is 8.67. The Morgan fingerprint density at radius 1 is 1.00 bits per heavy atom. The van der Waals surface area contributed by atoms with Crippen LogP contribution in [0.25, 0.3) is 11.1 Å². The molecule has 2 aromatic carbocycles. The van der Waals surface area contributed by atoms with Crippen LogP contribution in [0.5, 0.6) is 5.75 Å². The summed E-state index contributed by atoms with van der Waals surface area (Å²) < 4.78 is 29.3. The monoisotopic (exact) mass is 277 g/mol. The second-order valence-electron chi connectivity index (χ2n) is 4.47. The Morgan fingerprint density at radius 3 is 2.40 bits per heavy atom. The lowest BCUT2D eigenvalue weighted by atomic mass is 10.0. The van der Waals surface area contributed by atoms with E-state index in [2.05, 4.69) is 6.07 Å². The zero-order valence-corrected chi connectivity index (χ0v) is 11.1. The van der Waals surface area contributed by atoms with Crippen LogP contribution in [-0.4, -0.2) is 19.6 Å². The van der Waals surface area contributed by atoms with Crippen molar-refractivity contribution in [3.8, 4) is 16.9 Å². The topological polar surface area (TPSA) is 35.2 Å². The van der Waals surface area contributed by atoms with Crippen molar-refractivity contribution in [3.05, 3.63) is 54.1 Å². The summed E-state index contributed by atoms with van der Waals surface area (Å²) in [4.78, 5) is 0. The molecule has 20 heavy (non-hydrogen) atoms. The Balaban J connectivity index is 2.19. The maximum atomic E-state index is 12.1. The summed E-state index contributed by atoms with van der Waals surface area (Å²) in [6.07, 6.45) is -1.65. The lowest BCUT2D eigenvalue weighted by Gasteiger charge is -2.09. The number of ether oxygens (including phenoxy) is 1. The molecule has 2 nitrogen and oxygen atoms in total. The molecule has 0 amide bonds. The summed E-state index contributed by atoms with van der Waals surface area (Å²) in [6, 6.07) is 15.2. The summed E-state index contributed by atoms with van der Waals surface area (Å²) in [5, 5.41) is 0. The molecule has 0 saturated carbocycles. The second kappa shape index (κ2) is 7.01. The van der Waals surface area contributed by atoms with Crippen LogP contribution in [0.15, 0.2) is 48.5 Å². The van der Waals surface area contributed by atoms with E-state index >= 15 is 0 Å². The molecule has 106 valence electrons. The molecular weight excluding hydrogens is 260 g/mol. The number of hydrogen-bond donors (Lipinski definition) is 1. The van der Waals surface area contributed by atoms with Crippen LogP contribution < -0.4 is 10.5 Å². The summed E-state index contributed by atoms with van der Waals surface area (Å²) in [5.74, 6) is 0.451. The summed E-state index contributed by atoms with van der Waals surface area (Å²) in [6.45, 7) is 0.0116. The van der Waals surface area contributed by atoms with E-state index in [1.807, 2.05) is 24.3 Å². The molecule has 0 spiro atoms. The fraction of sp³-hybridized carbons (Fsp3) is 0.250. The Morgan fingerprint density at radius 2 is 1.70 bits per heavy atom. The molecule has 0 bridgehead atoms. The van der Waals surface area contributed by atoms with Gasteiger partial charge in [0.1, 0.15) is 12.4 Å². The average molecular weight is 277 g/mol. The molecule has 0 unspecified atom stereocenters. The lowest BCUT2D eigenvalue weighted by Crippen LogP contribution is -2.06. The minimum atomic E-state index is -2.47. The first kappa shape index (κ1) is 14.5. The number of nitrogens with two attached hydrogens (primary N) is 1. The quantitative estimate of drug-likeness (QED) is 0.877. The van der Waals surface area contributed by atoms with Gasteiger partial charge in [0.15, 0.2) is 0 Å². The zero-order chi connectivity index (χ0) is 14.4. The fourth-order valence-electron chi connectivity index (χ4n) is 2.00. The Kier molecular flexibility index (Phi) is 5.07. The minimum Gasteiger partial charge on any atom is -0.488 e. The average Bonchev–Trinajstić information content (AvgIpc) is 2.46. The standard InChI is InChI=1S/C16H17F2NO/c17-16(18)11-20-15-6-2-5-14(10-15)13-4-1-3-12(9-13)7-8-19/h1-6,9-10,16H,7-8,11,19H2. The van der Waals surface area contributed by atoms with E-state index < -0.39 is 13.0 Å². The van der Waals surface area contributed by atoms with Gasteiger partial charge in [-0.05, 0) is 41.8 Å². The van der Waals surface area contributed by atoms with Gasteiger partial charge in [-0.3, -0.25) is 0 Å². The number of hydrogen-bond acceptors (Lipinski definition) is 2. The van der Waals surface area contributed by atoms with E-state index in [1.54, 1.807) is 18.2 Å². The van der Waals surface area contributed by atoms with Crippen LogP contribution in [0.2, 0.25) is 0 Å². The van der Waals surface area contributed by atoms with Gasteiger partial charge in [0.2, 0.25) is 0 Å². The number of halogens is 2. The van der Waals surface area contributed by atoms with Gasteiger partial charge in [-0.25, -0.2) is 8.78 Å². The largest absolute Gasteiger partial charge is 0.488 e. The van der Waals surface area contributed by atoms with Crippen molar-refractivity contribution in [3.63, 3.8) is 0 Å². The van der Waals surface area contributed by atoms with Crippen molar-refractivity contribution < 1.29 is 13.5 Å². The van der Waals surface area contributed by atoms with Crippen LogP contribution >= 0.6 is 0 Å². The highest BCUT2D eigenvalue weighted by molar-refractivity contribution is 5.65. The van der Waals surface area contributed by atoms with Gasteiger partial charge in [0.05, 0.1) is 0 Å². The van der Waals surface area contributed by atoms with Gasteiger partial charge in [0, 0.05) is 0 Å². The van der Waals surface area contributed by atoms with Crippen LogP contribution in [0.4, 0.5) is 8.78 Å². The van der Waals surface area contributed by atoms with E-state index in [9.17, 15) is 8.78 Å². The van der Waals surface area contributed by atoms with E-state index in [0.717, 1.165) is 23.1 Å². The molecule has 0 fully saturated rings. The van der Waals surface area contributed by atoms with Gasteiger partial charge in [0.25, 0.3) is 6.43 Å². The number of alkyl halides is 2. The van der Waals surface area contributed by atoms with Crippen LogP contribution in [0.3, 0.4) is 0 Å². The van der Waals surface area contributed by atoms with E-state index in [-0.39, 0.29) is 0 Å². The van der Waals surface area contributed by atoms with E-state index in [4.69, 9.17) is 10.5 Å². The van der Waals surface area contributed by atoms with Gasteiger partial charge in [-0.15, -0.1) is 0 Å². The normalized spacial score (nSPS) is 10.8. The first-order valence-electron chi connectivity index (χ1n) is 6.49. The Labute approximate surface area is 117 Å². The Hall–Kier alpha value is -1.94. The molecular formula is C16H17F2NO. The fourth-order valence-corrected chi connectivity index (χ4v) is 2.00. The summed E-state index contributed by atoms with van der Waals surface area (Å²) >= 11 is 0. The Bertz CT molecular complexity index is 558. The third kappa shape index (κ3) is 4.03. The maximum absolute atomic E-state index is 12.1. The van der Waals surface area contributed by atoms with Crippen molar-refractivity contribution in [2.45, 2.75) is 12.8 Å². The highest BCUT2D eigenvalue weighted by atomic mass is 19.3. The SMILES string of the molecule is NCCc1cccc(-c2cccc(OCC(F)F)c2)c1. The molecule has 0 heterocycles. The third-order valence-corrected chi connectivity index (χ3v) is 2.90. The molecule has 0 aliphatic heterocycles. The highest BCUT2D eigenvalue weighted by Gasteiger charge is 2.05. The molecule has 0 aromatic heterocycles. The second-order valence-corrected chi connectivity index (χ2v) is 4.47. The maximum Gasteiger partial charge on any atom is 0.272 e. The highest BCUT2D eigenvalue weighted by Crippen LogP contribution is 2.25. The molecule has 0 radical (unpaired) electrons. The summed E-state index contributed by atoms with van der Waals surface area (Å²) in [7, 11) is 0. The van der Waals surface area contributed by atoms with Gasteiger partial charge < -0.3 is 10.5 Å². The predicted molar refractivity (Wildman–Crippen MR) is 76.1 cm³/mol. The smallest absolute Gasteiger partial charge is 0.272 e. The van der Waals surface area contributed by atoms with E-state index in [0.29, 0.717) is 12.3 Å². The first-order chi connectivity index (χ1) is 9.69. The molecule has 2 aromatic rings. The molecule has 2 rings (SSSR count). The third-order valence-electron chi connectivity index (χ3n) is 2.90. The predicted octanol–water partition coefficient (Wildman–Crippen LogP) is 3.50. The van der Waals surface area contributed by atoms with Crippen molar-refractivity contribution in [2.75, 3.05) is 13.2 Å². The van der Waals surface area contributed by atoms with Crippen molar-refractivity contribution in [2.24, 2.45) is 5.73 Å². The van der Waals surface area contributed by atoms with Crippen LogP contribution in [-0.2, 0) is 6.42 Å². The van der Waals surface area contributed by atoms with Crippen molar-refractivity contribution >= 4 is 0 Å². The zero-order valence-electron chi connectivity index (χ0n) is 11.1. The van der Waals surface area contributed by atoms with Gasteiger partial charge in [-0.1, -0.05) is 36.4 Å². The number of rotatable bonds is 6. The first-order valence-corrected chi connectivity index (χ1v) is 6.49. The van der Waals surface area contributed by atoms with Crippen molar-refractivity contribution in [1.29, 1.82) is 0 Å². The van der Waals surface area contributed by atoms with Crippen LogP contribution in [0.1, 0.15) is 5.56 Å². The molecule has 0 saturated heterocycles. The van der Waals surface area contributed by atoms with E-state index in [1.165, 1.54) is 0 Å². The van der Waals surface area contributed by atoms with Crippen LogP contribution in [0, 0.1) is 0 Å². The molecule has 0 atom stereocenters. The van der Waals surface area contributed by atoms with Crippen molar-refractivity contribution in [1.82, 2.24) is 0 Å². The molecule has 4 heteroatoms. The molecule has 2 N–H and O–H groups in total. The van der Waals surface area contributed by atoms with Gasteiger partial charge >= 0.3 is 0 Å². The minimum absolute atomic E-state index is 0.451. The molecule has 0 aliphatic rings. The lowest BCUT2D eigenvalue weighted by molar-refractivity contribution is 0.0819.